The van der Waals surface area contributed by atoms with Crippen LogP contribution in [0.5, 0.6) is 0 Å². The molecule has 0 fully saturated rings. The fourth-order valence-electron chi connectivity index (χ4n) is 1.23. The third-order valence-corrected chi connectivity index (χ3v) is 2.25. The maximum Gasteiger partial charge on any atom is 0.356 e. The smallest absolute Gasteiger partial charge is 0.356 e. The Morgan fingerprint density at radius 1 is 1.44 bits per heavy atom. The van der Waals surface area contributed by atoms with Crippen molar-refractivity contribution in [3.05, 3.63) is 18.1 Å². The number of carbonyl (C=O) groups is 1. The van der Waals surface area contributed by atoms with Crippen molar-refractivity contribution in [2.75, 3.05) is 25.1 Å². The number of aromatic nitrogens is 2. The molecule has 1 aromatic heterocycles. The minimum atomic E-state index is -1.08. The van der Waals surface area contributed by atoms with Crippen molar-refractivity contribution in [1.82, 2.24) is 9.97 Å². The van der Waals surface area contributed by atoms with Gasteiger partial charge in [0.2, 0.25) is 0 Å². The highest BCUT2D eigenvalue weighted by Gasteiger charge is 2.05. The van der Waals surface area contributed by atoms with E-state index in [1.807, 2.05) is 0 Å². The molecule has 0 saturated heterocycles. The average Bonchev–Trinajstić information content (AvgIpc) is 2.33. The van der Waals surface area contributed by atoms with Gasteiger partial charge in [0.1, 0.15) is 5.82 Å². The number of anilines is 1. The van der Waals surface area contributed by atoms with E-state index in [1.165, 1.54) is 12.4 Å². The third kappa shape index (κ3) is 5.58. The molecule has 18 heavy (non-hydrogen) atoms. The molecule has 2 N–H and O–H groups in total. The molecule has 1 rings (SSSR count). The zero-order valence-electron chi connectivity index (χ0n) is 10.7. The molecule has 0 aliphatic heterocycles. The van der Waals surface area contributed by atoms with Crippen LogP contribution in [0.15, 0.2) is 12.4 Å². The largest absolute Gasteiger partial charge is 0.476 e. The highest BCUT2D eigenvalue weighted by atomic mass is 16.5. The van der Waals surface area contributed by atoms with Crippen molar-refractivity contribution < 1.29 is 14.6 Å². The first kappa shape index (κ1) is 14.4. The summed E-state index contributed by atoms with van der Waals surface area (Å²) in [5.74, 6) is -0.00207. The molecule has 0 saturated carbocycles. The lowest BCUT2D eigenvalue weighted by Gasteiger charge is -2.08. The zero-order chi connectivity index (χ0) is 13.4. The summed E-state index contributed by atoms with van der Waals surface area (Å²) in [5.41, 5.74) is -0.0688. The topological polar surface area (TPSA) is 84.3 Å². The fraction of sp³-hybridized carbons (Fsp3) is 0.583. The molecule has 1 aromatic rings. The number of rotatable bonds is 8. The Morgan fingerprint density at radius 2 is 2.22 bits per heavy atom. The molecule has 0 aliphatic rings. The lowest BCUT2D eigenvalue weighted by atomic mass is 10.1. The van der Waals surface area contributed by atoms with Gasteiger partial charge in [-0.25, -0.2) is 9.78 Å². The predicted molar refractivity (Wildman–Crippen MR) is 67.8 cm³/mol. The maximum atomic E-state index is 10.7. The zero-order valence-corrected chi connectivity index (χ0v) is 10.7. The number of nitrogens with one attached hydrogen (secondary N) is 1. The van der Waals surface area contributed by atoms with Crippen LogP contribution in [0.3, 0.4) is 0 Å². The van der Waals surface area contributed by atoms with Gasteiger partial charge in [-0.1, -0.05) is 13.8 Å². The second-order valence-corrected chi connectivity index (χ2v) is 4.32. The SMILES string of the molecule is CC(C)CCOCCNc1cncc(C(=O)O)n1. The van der Waals surface area contributed by atoms with Crippen LogP contribution in [0.1, 0.15) is 30.8 Å². The van der Waals surface area contributed by atoms with Crippen LogP contribution >= 0.6 is 0 Å². The van der Waals surface area contributed by atoms with Crippen LogP contribution in [-0.2, 0) is 4.74 Å². The second kappa shape index (κ2) is 7.60. The monoisotopic (exact) mass is 253 g/mol. The van der Waals surface area contributed by atoms with Crippen molar-refractivity contribution in [3.8, 4) is 0 Å². The van der Waals surface area contributed by atoms with E-state index < -0.39 is 5.97 Å². The van der Waals surface area contributed by atoms with Crippen LogP contribution in [-0.4, -0.2) is 40.8 Å². The Hall–Kier alpha value is -1.69. The number of hydrogen-bond donors (Lipinski definition) is 2. The molecule has 6 nitrogen and oxygen atoms in total. The summed E-state index contributed by atoms with van der Waals surface area (Å²) in [5, 5.41) is 11.7. The molecule has 0 radical (unpaired) electrons. The molecule has 100 valence electrons. The normalized spacial score (nSPS) is 10.6. The number of nitrogens with zero attached hydrogens (tertiary/aromatic N) is 2. The highest BCUT2D eigenvalue weighted by molar-refractivity contribution is 5.85. The molecular formula is C12H19N3O3. The van der Waals surface area contributed by atoms with Gasteiger partial charge in [-0.15, -0.1) is 0 Å². The number of hydrogen-bond acceptors (Lipinski definition) is 5. The minimum Gasteiger partial charge on any atom is -0.476 e. The average molecular weight is 253 g/mol. The molecule has 0 aromatic carbocycles. The van der Waals surface area contributed by atoms with Crippen LogP contribution < -0.4 is 5.32 Å². The van der Waals surface area contributed by atoms with Gasteiger partial charge in [-0.2, -0.15) is 0 Å². The van der Waals surface area contributed by atoms with E-state index in [0.717, 1.165) is 13.0 Å². The lowest BCUT2D eigenvalue weighted by Crippen LogP contribution is -2.13. The predicted octanol–water partition coefficient (Wildman–Crippen LogP) is 1.65. The summed E-state index contributed by atoms with van der Waals surface area (Å²) in [6, 6.07) is 0. The Balaban J connectivity index is 2.23. The van der Waals surface area contributed by atoms with E-state index in [-0.39, 0.29) is 5.69 Å². The van der Waals surface area contributed by atoms with Gasteiger partial charge >= 0.3 is 5.97 Å². The first-order chi connectivity index (χ1) is 8.59. The van der Waals surface area contributed by atoms with Gasteiger partial charge in [0, 0.05) is 13.2 Å². The summed E-state index contributed by atoms with van der Waals surface area (Å²) < 4.78 is 5.42. The molecule has 0 atom stereocenters. The fourth-order valence-corrected chi connectivity index (χ4v) is 1.23. The molecule has 6 heteroatoms. The molecule has 0 unspecified atom stereocenters. The van der Waals surface area contributed by atoms with Crippen molar-refractivity contribution in [1.29, 1.82) is 0 Å². The first-order valence-corrected chi connectivity index (χ1v) is 5.96. The Labute approximate surface area is 106 Å². The summed E-state index contributed by atoms with van der Waals surface area (Å²) in [6.07, 6.45) is 3.74. The first-order valence-electron chi connectivity index (χ1n) is 5.96. The number of ether oxygens (including phenoxy) is 1. The van der Waals surface area contributed by atoms with Gasteiger partial charge < -0.3 is 15.2 Å². The van der Waals surface area contributed by atoms with Crippen LogP contribution in [0.25, 0.3) is 0 Å². The summed E-state index contributed by atoms with van der Waals surface area (Å²) in [7, 11) is 0. The summed E-state index contributed by atoms with van der Waals surface area (Å²) in [4.78, 5) is 18.4. The highest BCUT2D eigenvalue weighted by Crippen LogP contribution is 2.02. The molecule has 1 heterocycles. The third-order valence-electron chi connectivity index (χ3n) is 2.25. The van der Waals surface area contributed by atoms with Gasteiger partial charge in [0.05, 0.1) is 19.0 Å². The van der Waals surface area contributed by atoms with E-state index in [0.29, 0.717) is 24.9 Å². The minimum absolute atomic E-state index is 0.0688. The van der Waals surface area contributed by atoms with Crippen molar-refractivity contribution in [2.24, 2.45) is 5.92 Å². The summed E-state index contributed by atoms with van der Waals surface area (Å²) in [6.45, 7) is 6.17. The van der Waals surface area contributed by atoms with E-state index in [1.54, 1.807) is 0 Å². The van der Waals surface area contributed by atoms with Crippen molar-refractivity contribution in [2.45, 2.75) is 20.3 Å². The lowest BCUT2D eigenvalue weighted by molar-refractivity contribution is 0.0690. The summed E-state index contributed by atoms with van der Waals surface area (Å²) >= 11 is 0. The molecule has 0 amide bonds. The van der Waals surface area contributed by atoms with E-state index in [4.69, 9.17) is 9.84 Å². The number of carboxylic acid groups (broad SMARTS) is 1. The van der Waals surface area contributed by atoms with E-state index in [9.17, 15) is 4.79 Å². The standard InChI is InChI=1S/C12H19N3O3/c1-9(2)3-5-18-6-4-14-11-8-13-7-10(15-11)12(16)17/h7-9H,3-6H2,1-2H3,(H,14,15)(H,16,17). The quantitative estimate of drug-likeness (QED) is 0.685. The van der Waals surface area contributed by atoms with E-state index in [2.05, 4.69) is 29.1 Å². The Bertz CT molecular complexity index is 383. The van der Waals surface area contributed by atoms with Gasteiger partial charge in [0.15, 0.2) is 5.69 Å². The Kier molecular flexibility index (Phi) is 6.07. The van der Waals surface area contributed by atoms with Gasteiger partial charge in [0.25, 0.3) is 0 Å². The van der Waals surface area contributed by atoms with Crippen molar-refractivity contribution >= 4 is 11.8 Å². The van der Waals surface area contributed by atoms with Crippen molar-refractivity contribution in [3.63, 3.8) is 0 Å². The van der Waals surface area contributed by atoms with Crippen LogP contribution in [0.4, 0.5) is 5.82 Å². The van der Waals surface area contributed by atoms with Crippen LogP contribution in [0.2, 0.25) is 0 Å². The van der Waals surface area contributed by atoms with Crippen LogP contribution in [0, 0.1) is 5.92 Å². The second-order valence-electron chi connectivity index (χ2n) is 4.32. The molecular weight excluding hydrogens is 234 g/mol. The molecule has 0 bridgehead atoms. The van der Waals surface area contributed by atoms with Gasteiger partial charge in [-0.05, 0) is 12.3 Å². The maximum absolute atomic E-state index is 10.7. The van der Waals surface area contributed by atoms with Gasteiger partial charge in [-0.3, -0.25) is 4.98 Å². The molecule has 0 aliphatic carbocycles. The number of carboxylic acids is 1. The van der Waals surface area contributed by atoms with E-state index >= 15 is 0 Å². The molecule has 0 spiro atoms. The Morgan fingerprint density at radius 3 is 2.89 bits per heavy atom. The number of aromatic carboxylic acids is 1.